The molecule has 4 rings (SSSR count). The molecule has 7 nitrogen and oxygen atoms in total. The molecule has 0 fully saturated rings. The number of rotatable bonds is 7. The molecule has 8 heteroatoms. The lowest BCUT2D eigenvalue weighted by molar-refractivity contribution is -0.132. The lowest BCUT2D eigenvalue weighted by atomic mass is 9.98. The standard InChI is InChI=1S/C27H23BrN2O5/c1-16(26(32)33)12-13-29-25(31)22-14-17(10-11-24(22)28)30-27(34)35-15-23-20-8-4-2-6-18(20)19-7-3-5-9-21(19)23/h2-12,14,23H,13,15H2,1H3,(H,29,31)(H,30,34)(H,32,33)/b16-12+. The molecule has 1 aliphatic carbocycles. The number of aliphatic carboxylic acids is 1. The minimum Gasteiger partial charge on any atom is -0.478 e. The van der Waals surface area contributed by atoms with E-state index < -0.39 is 18.0 Å². The van der Waals surface area contributed by atoms with E-state index in [0.29, 0.717) is 15.7 Å². The number of fused-ring (bicyclic) bond motifs is 3. The van der Waals surface area contributed by atoms with Gasteiger partial charge in [-0.3, -0.25) is 10.1 Å². The average Bonchev–Trinajstić information content (AvgIpc) is 3.17. The van der Waals surface area contributed by atoms with Gasteiger partial charge >= 0.3 is 12.1 Å². The zero-order valence-electron chi connectivity index (χ0n) is 18.9. The third-order valence-corrected chi connectivity index (χ3v) is 6.50. The van der Waals surface area contributed by atoms with E-state index in [4.69, 9.17) is 9.84 Å². The van der Waals surface area contributed by atoms with Crippen LogP contribution in [0.25, 0.3) is 11.1 Å². The highest BCUT2D eigenvalue weighted by Gasteiger charge is 2.29. The normalized spacial score (nSPS) is 12.5. The van der Waals surface area contributed by atoms with E-state index >= 15 is 0 Å². The molecule has 0 atom stereocenters. The van der Waals surface area contributed by atoms with Gasteiger partial charge in [0.1, 0.15) is 6.61 Å². The van der Waals surface area contributed by atoms with E-state index in [9.17, 15) is 14.4 Å². The second kappa shape index (κ2) is 10.6. The zero-order valence-corrected chi connectivity index (χ0v) is 20.5. The molecule has 3 N–H and O–H groups in total. The van der Waals surface area contributed by atoms with E-state index in [1.54, 1.807) is 12.1 Å². The second-order valence-electron chi connectivity index (χ2n) is 8.05. The summed E-state index contributed by atoms with van der Waals surface area (Å²) in [4.78, 5) is 36.0. The maximum absolute atomic E-state index is 12.6. The zero-order chi connectivity index (χ0) is 24.9. The van der Waals surface area contributed by atoms with Crippen LogP contribution >= 0.6 is 15.9 Å². The summed E-state index contributed by atoms with van der Waals surface area (Å²) in [6.07, 6.45) is 0.785. The molecular weight excluding hydrogens is 512 g/mol. The summed E-state index contributed by atoms with van der Waals surface area (Å²) in [5.41, 5.74) is 5.36. The molecule has 0 heterocycles. The van der Waals surface area contributed by atoms with Crippen molar-refractivity contribution in [1.29, 1.82) is 0 Å². The Morgan fingerprint density at radius 1 is 1.00 bits per heavy atom. The number of amides is 2. The molecule has 178 valence electrons. The molecule has 0 spiro atoms. The molecule has 2 amide bonds. The number of anilines is 1. The van der Waals surface area contributed by atoms with Crippen molar-refractivity contribution in [3.05, 3.63) is 99.5 Å². The second-order valence-corrected chi connectivity index (χ2v) is 8.90. The molecule has 0 saturated heterocycles. The van der Waals surface area contributed by atoms with Gasteiger partial charge in [-0.1, -0.05) is 54.6 Å². The Morgan fingerprint density at radius 3 is 2.26 bits per heavy atom. The number of hydrogen-bond donors (Lipinski definition) is 3. The van der Waals surface area contributed by atoms with Crippen LogP contribution in [0, 0.1) is 0 Å². The lowest BCUT2D eigenvalue weighted by Gasteiger charge is -2.15. The summed E-state index contributed by atoms with van der Waals surface area (Å²) in [5, 5.41) is 14.2. The van der Waals surface area contributed by atoms with Gasteiger partial charge in [-0.15, -0.1) is 0 Å². The first-order valence-electron chi connectivity index (χ1n) is 10.9. The van der Waals surface area contributed by atoms with Gasteiger partial charge in [-0.2, -0.15) is 0 Å². The van der Waals surface area contributed by atoms with E-state index in [-0.39, 0.29) is 24.6 Å². The molecule has 0 aliphatic heterocycles. The van der Waals surface area contributed by atoms with Gasteiger partial charge in [-0.05, 0) is 63.3 Å². The van der Waals surface area contributed by atoms with Crippen molar-refractivity contribution in [2.75, 3.05) is 18.5 Å². The highest BCUT2D eigenvalue weighted by atomic mass is 79.9. The minimum atomic E-state index is -1.05. The molecule has 1 aliphatic rings. The van der Waals surface area contributed by atoms with Crippen LogP contribution in [-0.4, -0.2) is 36.2 Å². The topological polar surface area (TPSA) is 105 Å². The summed E-state index contributed by atoms with van der Waals surface area (Å²) in [6.45, 7) is 1.69. The number of carbonyl (C=O) groups is 3. The van der Waals surface area contributed by atoms with Crippen molar-refractivity contribution in [2.24, 2.45) is 0 Å². The van der Waals surface area contributed by atoms with Crippen LogP contribution in [0.2, 0.25) is 0 Å². The first kappa shape index (κ1) is 24.2. The Balaban J connectivity index is 1.40. The molecule has 0 saturated carbocycles. The Labute approximate surface area is 210 Å². The van der Waals surface area contributed by atoms with E-state index in [1.807, 2.05) is 36.4 Å². The largest absolute Gasteiger partial charge is 0.478 e. The SMILES string of the molecule is C/C(=C\CNC(=O)c1cc(NC(=O)OCC2c3ccccc3-c3ccccc32)ccc1Br)C(=O)O. The van der Waals surface area contributed by atoms with E-state index in [0.717, 1.165) is 22.3 Å². The Kier molecular flexibility index (Phi) is 7.31. The van der Waals surface area contributed by atoms with Gasteiger partial charge in [0, 0.05) is 28.2 Å². The minimum absolute atomic E-state index is 0.0540. The summed E-state index contributed by atoms with van der Waals surface area (Å²) < 4.78 is 6.10. The average molecular weight is 535 g/mol. The molecule has 0 unspecified atom stereocenters. The fourth-order valence-corrected chi connectivity index (χ4v) is 4.44. The third-order valence-electron chi connectivity index (χ3n) is 5.81. The van der Waals surface area contributed by atoms with Crippen LogP contribution < -0.4 is 10.6 Å². The maximum Gasteiger partial charge on any atom is 0.411 e. The smallest absolute Gasteiger partial charge is 0.411 e. The molecule has 0 radical (unpaired) electrons. The lowest BCUT2D eigenvalue weighted by Crippen LogP contribution is -2.24. The van der Waals surface area contributed by atoms with Crippen LogP contribution in [0.1, 0.15) is 34.3 Å². The van der Waals surface area contributed by atoms with Gasteiger partial charge in [0.2, 0.25) is 0 Å². The number of benzene rings is 3. The van der Waals surface area contributed by atoms with Gasteiger partial charge in [0.25, 0.3) is 5.91 Å². The first-order valence-corrected chi connectivity index (χ1v) is 11.7. The number of carboxylic acid groups (broad SMARTS) is 1. The van der Waals surface area contributed by atoms with Crippen molar-refractivity contribution >= 4 is 39.6 Å². The van der Waals surface area contributed by atoms with E-state index in [1.165, 1.54) is 19.1 Å². The number of carboxylic acids is 1. The molecular formula is C27H23BrN2O5. The third kappa shape index (κ3) is 5.44. The van der Waals surface area contributed by atoms with Crippen LogP contribution in [0.4, 0.5) is 10.5 Å². The van der Waals surface area contributed by atoms with Gasteiger partial charge in [-0.25, -0.2) is 9.59 Å². The number of nitrogens with one attached hydrogen (secondary N) is 2. The summed E-state index contributed by atoms with van der Waals surface area (Å²) in [5.74, 6) is -1.51. The van der Waals surface area contributed by atoms with Crippen LogP contribution in [-0.2, 0) is 9.53 Å². The number of carbonyl (C=O) groups excluding carboxylic acids is 2. The van der Waals surface area contributed by atoms with Crippen molar-refractivity contribution in [2.45, 2.75) is 12.8 Å². The van der Waals surface area contributed by atoms with Crippen molar-refractivity contribution in [3.8, 4) is 11.1 Å². The predicted octanol–water partition coefficient (Wildman–Crippen LogP) is 5.57. The van der Waals surface area contributed by atoms with Gasteiger partial charge < -0.3 is 15.2 Å². The Hall–Kier alpha value is -3.91. The first-order chi connectivity index (χ1) is 16.8. The van der Waals surface area contributed by atoms with Crippen LogP contribution in [0.15, 0.2) is 82.9 Å². The summed E-state index contributed by atoms with van der Waals surface area (Å²) in [7, 11) is 0. The fraction of sp³-hybridized carbons (Fsp3) is 0.148. The number of ether oxygens (including phenoxy) is 1. The fourth-order valence-electron chi connectivity index (χ4n) is 4.01. The Bertz CT molecular complexity index is 1290. The number of hydrogen-bond acceptors (Lipinski definition) is 4. The molecule has 35 heavy (non-hydrogen) atoms. The quantitative estimate of drug-likeness (QED) is 0.343. The maximum atomic E-state index is 12.6. The molecule has 0 aromatic heterocycles. The highest BCUT2D eigenvalue weighted by molar-refractivity contribution is 9.10. The van der Waals surface area contributed by atoms with E-state index in [2.05, 4.69) is 38.7 Å². The van der Waals surface area contributed by atoms with Crippen molar-refractivity contribution in [1.82, 2.24) is 5.32 Å². The van der Waals surface area contributed by atoms with Gasteiger partial charge in [0.05, 0.1) is 5.56 Å². The molecule has 0 bridgehead atoms. The van der Waals surface area contributed by atoms with Crippen LogP contribution in [0.5, 0.6) is 0 Å². The van der Waals surface area contributed by atoms with Crippen LogP contribution in [0.3, 0.4) is 0 Å². The number of halogens is 1. The van der Waals surface area contributed by atoms with Gasteiger partial charge in [0.15, 0.2) is 0 Å². The monoisotopic (exact) mass is 534 g/mol. The van der Waals surface area contributed by atoms with Crippen molar-refractivity contribution in [3.63, 3.8) is 0 Å². The summed E-state index contributed by atoms with van der Waals surface area (Å²) >= 11 is 3.33. The Morgan fingerprint density at radius 2 is 1.63 bits per heavy atom. The highest BCUT2D eigenvalue weighted by Crippen LogP contribution is 2.44. The molecule has 3 aromatic rings. The van der Waals surface area contributed by atoms with Crippen molar-refractivity contribution < 1.29 is 24.2 Å². The molecule has 3 aromatic carbocycles. The predicted molar refractivity (Wildman–Crippen MR) is 137 cm³/mol. The summed E-state index contributed by atoms with van der Waals surface area (Å²) in [6, 6.07) is 21.0.